The minimum Gasteiger partial charge on any atom is -0.496 e. The molecule has 0 aliphatic carbocycles. The molecule has 0 spiro atoms. The highest BCUT2D eigenvalue weighted by molar-refractivity contribution is 8.00. The zero-order valence-corrected chi connectivity index (χ0v) is 27.1. The van der Waals surface area contributed by atoms with Crippen LogP contribution >= 0.6 is 23.4 Å². The number of anilines is 2. The summed E-state index contributed by atoms with van der Waals surface area (Å²) in [5, 5.41) is 8.80. The number of halogens is 1. The van der Waals surface area contributed by atoms with Crippen LogP contribution in [0.25, 0.3) is 6.08 Å². The van der Waals surface area contributed by atoms with Gasteiger partial charge in [-0.1, -0.05) is 29.8 Å². The van der Waals surface area contributed by atoms with E-state index in [0.717, 1.165) is 4.90 Å². The number of nitrogens with one attached hydrogen (secondary N) is 3. The topological polar surface area (TPSA) is 124 Å². The van der Waals surface area contributed by atoms with E-state index in [-0.39, 0.29) is 17.4 Å². The fraction of sp³-hybridized carbons (Fsp3) is 0.147. The van der Waals surface area contributed by atoms with E-state index in [2.05, 4.69) is 16.0 Å². The molecule has 12 heteroatoms. The second-order valence-corrected chi connectivity index (χ2v) is 11.0. The minimum atomic E-state index is -0.573. The Labute approximate surface area is 276 Å². The molecule has 0 aliphatic rings. The first-order valence-electron chi connectivity index (χ1n) is 13.8. The van der Waals surface area contributed by atoms with Gasteiger partial charge in [-0.05, 0) is 66.7 Å². The van der Waals surface area contributed by atoms with E-state index in [1.54, 1.807) is 84.9 Å². The maximum absolute atomic E-state index is 13.5. The monoisotopic (exact) mass is 661 g/mol. The summed E-state index contributed by atoms with van der Waals surface area (Å²) in [5.41, 5.74) is 1.76. The number of hydrogen-bond donors (Lipinski definition) is 3. The Morgan fingerprint density at radius 2 is 1.39 bits per heavy atom. The van der Waals surface area contributed by atoms with Crippen molar-refractivity contribution in [2.45, 2.75) is 4.90 Å². The van der Waals surface area contributed by atoms with E-state index in [1.807, 2.05) is 0 Å². The van der Waals surface area contributed by atoms with Gasteiger partial charge in [0.05, 0.1) is 39.9 Å². The van der Waals surface area contributed by atoms with Gasteiger partial charge in [0.15, 0.2) is 11.5 Å². The highest BCUT2D eigenvalue weighted by Gasteiger charge is 2.18. The number of amides is 3. The number of carbonyl (C=O) groups excluding carboxylic acids is 3. The number of methoxy groups -OCH3 is 4. The molecule has 10 nitrogen and oxygen atoms in total. The number of carbonyl (C=O) groups is 3. The zero-order chi connectivity index (χ0) is 33.1. The first-order chi connectivity index (χ1) is 22.2. The summed E-state index contributed by atoms with van der Waals surface area (Å²) >= 11 is 7.36. The highest BCUT2D eigenvalue weighted by Crippen LogP contribution is 2.36. The van der Waals surface area contributed by atoms with Crippen LogP contribution in [0.3, 0.4) is 0 Å². The molecule has 0 fully saturated rings. The average molecular weight is 662 g/mol. The number of benzene rings is 4. The summed E-state index contributed by atoms with van der Waals surface area (Å²) < 4.78 is 21.6. The van der Waals surface area contributed by atoms with E-state index < -0.39 is 11.8 Å². The van der Waals surface area contributed by atoms with Gasteiger partial charge in [0.1, 0.15) is 17.2 Å². The standard InChI is InChI=1S/C34H32ClN3O7S/c1-42-28-15-10-23(35)18-26(28)37-32(39)20-46-25-13-11-24(12-14-25)36-34(41)27(38-33(40)21-8-6-5-7-9-21)16-22-17-30(44-3)31(45-4)19-29(22)43-2/h5-19H,20H2,1-4H3,(H,36,41)(H,37,39)(H,38,40)/b27-16-. The van der Waals surface area contributed by atoms with Gasteiger partial charge in [-0.25, -0.2) is 0 Å². The van der Waals surface area contributed by atoms with Crippen molar-refractivity contribution in [3.05, 3.63) is 107 Å². The highest BCUT2D eigenvalue weighted by atomic mass is 35.5. The lowest BCUT2D eigenvalue weighted by Crippen LogP contribution is -2.30. The molecular formula is C34H32ClN3O7S. The van der Waals surface area contributed by atoms with Crippen molar-refractivity contribution in [2.24, 2.45) is 0 Å². The van der Waals surface area contributed by atoms with Crippen molar-refractivity contribution in [2.75, 3.05) is 44.8 Å². The quantitative estimate of drug-likeness (QED) is 0.109. The first kappa shape index (κ1) is 33.8. The van der Waals surface area contributed by atoms with Crippen LogP contribution in [-0.4, -0.2) is 51.9 Å². The molecule has 0 heterocycles. The Bertz CT molecular complexity index is 1730. The molecule has 0 saturated heterocycles. The molecule has 4 aromatic rings. The van der Waals surface area contributed by atoms with Gasteiger partial charge in [-0.15, -0.1) is 11.8 Å². The lowest BCUT2D eigenvalue weighted by molar-refractivity contribution is -0.114. The van der Waals surface area contributed by atoms with Gasteiger partial charge >= 0.3 is 0 Å². The fourth-order valence-corrected chi connectivity index (χ4v) is 5.08. The summed E-state index contributed by atoms with van der Waals surface area (Å²) in [5.74, 6) is 0.604. The van der Waals surface area contributed by atoms with Crippen molar-refractivity contribution in [3.8, 4) is 23.0 Å². The Hall–Kier alpha value is -5.13. The fourth-order valence-electron chi connectivity index (χ4n) is 4.21. The number of thioether (sulfide) groups is 1. The Morgan fingerprint density at radius 1 is 0.739 bits per heavy atom. The second-order valence-electron chi connectivity index (χ2n) is 9.49. The molecule has 3 N–H and O–H groups in total. The summed E-state index contributed by atoms with van der Waals surface area (Å²) in [6, 6.07) is 23.7. The van der Waals surface area contributed by atoms with Crippen LogP contribution in [0, 0.1) is 0 Å². The molecular weight excluding hydrogens is 630 g/mol. The molecule has 4 rings (SSSR count). The number of rotatable bonds is 13. The lowest BCUT2D eigenvalue weighted by atomic mass is 10.1. The third-order valence-electron chi connectivity index (χ3n) is 6.48. The van der Waals surface area contributed by atoms with Crippen molar-refractivity contribution < 1.29 is 33.3 Å². The van der Waals surface area contributed by atoms with Crippen molar-refractivity contribution in [1.29, 1.82) is 0 Å². The Balaban J connectivity index is 1.50. The molecule has 0 unspecified atom stereocenters. The number of hydrogen-bond acceptors (Lipinski definition) is 8. The van der Waals surface area contributed by atoms with Crippen molar-refractivity contribution in [1.82, 2.24) is 5.32 Å². The van der Waals surface area contributed by atoms with E-state index in [4.69, 9.17) is 30.5 Å². The third kappa shape index (κ3) is 8.96. The van der Waals surface area contributed by atoms with Gasteiger partial charge in [0.25, 0.3) is 11.8 Å². The molecule has 0 aromatic heterocycles. The van der Waals surface area contributed by atoms with Crippen LogP contribution in [0.4, 0.5) is 11.4 Å². The summed E-state index contributed by atoms with van der Waals surface area (Å²) in [6.45, 7) is 0. The number of ether oxygens (including phenoxy) is 4. The van der Waals surface area contributed by atoms with E-state index >= 15 is 0 Å². The predicted molar refractivity (Wildman–Crippen MR) is 180 cm³/mol. The maximum atomic E-state index is 13.5. The molecule has 0 aliphatic heterocycles. The maximum Gasteiger partial charge on any atom is 0.272 e. The largest absolute Gasteiger partial charge is 0.496 e. The summed E-state index contributed by atoms with van der Waals surface area (Å²) in [4.78, 5) is 40.0. The zero-order valence-electron chi connectivity index (χ0n) is 25.5. The van der Waals surface area contributed by atoms with Gasteiger partial charge in [-0.3, -0.25) is 14.4 Å². The predicted octanol–water partition coefficient (Wildman–Crippen LogP) is 6.51. The molecule has 3 amide bonds. The van der Waals surface area contributed by atoms with Gasteiger partial charge in [0, 0.05) is 32.8 Å². The molecule has 0 radical (unpaired) electrons. The molecule has 4 aromatic carbocycles. The third-order valence-corrected chi connectivity index (χ3v) is 7.73. The second kappa shape index (κ2) is 16.3. The normalized spacial score (nSPS) is 10.8. The van der Waals surface area contributed by atoms with Crippen LogP contribution < -0.4 is 34.9 Å². The Morgan fingerprint density at radius 3 is 2.04 bits per heavy atom. The molecule has 0 saturated carbocycles. The van der Waals surface area contributed by atoms with Crippen molar-refractivity contribution >= 4 is 58.5 Å². The first-order valence-corrected chi connectivity index (χ1v) is 15.2. The van der Waals surface area contributed by atoms with Gasteiger partial charge < -0.3 is 34.9 Å². The molecule has 0 bridgehead atoms. The van der Waals surface area contributed by atoms with Crippen LogP contribution in [0.2, 0.25) is 5.02 Å². The van der Waals surface area contributed by atoms with E-state index in [9.17, 15) is 14.4 Å². The van der Waals surface area contributed by atoms with Crippen molar-refractivity contribution in [3.63, 3.8) is 0 Å². The summed E-state index contributed by atoms with van der Waals surface area (Å²) in [6.07, 6.45) is 1.49. The van der Waals surface area contributed by atoms with Crippen LogP contribution in [-0.2, 0) is 9.59 Å². The van der Waals surface area contributed by atoms with Gasteiger partial charge in [0.2, 0.25) is 5.91 Å². The molecule has 0 atom stereocenters. The Kier molecular flexibility index (Phi) is 11.9. The molecule has 46 heavy (non-hydrogen) atoms. The van der Waals surface area contributed by atoms with Crippen LogP contribution in [0.5, 0.6) is 23.0 Å². The van der Waals surface area contributed by atoms with Crippen LogP contribution in [0.1, 0.15) is 15.9 Å². The van der Waals surface area contributed by atoms with E-state index in [1.165, 1.54) is 46.3 Å². The lowest BCUT2D eigenvalue weighted by Gasteiger charge is -2.15. The molecule has 238 valence electrons. The summed E-state index contributed by atoms with van der Waals surface area (Å²) in [7, 11) is 5.99. The van der Waals surface area contributed by atoms with Gasteiger partial charge in [-0.2, -0.15) is 0 Å². The average Bonchev–Trinajstić information content (AvgIpc) is 3.07. The van der Waals surface area contributed by atoms with Crippen LogP contribution in [0.15, 0.2) is 95.5 Å². The SMILES string of the molecule is COc1cc(OC)c(OC)cc1/C=C(\NC(=O)c1ccccc1)C(=O)Nc1ccc(SCC(=O)Nc2cc(Cl)ccc2OC)cc1. The smallest absolute Gasteiger partial charge is 0.272 e. The van der Waals surface area contributed by atoms with E-state index in [0.29, 0.717) is 50.5 Å². The minimum absolute atomic E-state index is 0.0362.